The molecule has 0 spiro atoms. The highest BCUT2D eigenvalue weighted by Gasteiger charge is 2.36. The molecule has 0 radical (unpaired) electrons. The number of anilines is 2. The van der Waals surface area contributed by atoms with Gasteiger partial charge >= 0.3 is 6.09 Å². The van der Waals surface area contributed by atoms with Gasteiger partial charge < -0.3 is 30.1 Å². The molecule has 3 N–H and O–H groups in total. The maximum absolute atomic E-state index is 13.2. The molecule has 10 nitrogen and oxygen atoms in total. The van der Waals surface area contributed by atoms with E-state index in [1.165, 1.54) is 9.80 Å². The molecule has 2 aromatic rings. The van der Waals surface area contributed by atoms with E-state index in [-0.39, 0.29) is 31.5 Å². The molecule has 12 heteroatoms. The van der Waals surface area contributed by atoms with Crippen molar-refractivity contribution >= 4 is 52.2 Å². The summed E-state index contributed by atoms with van der Waals surface area (Å²) in [4.78, 5) is 42.7. The Morgan fingerprint density at radius 3 is 2.53 bits per heavy atom. The predicted molar refractivity (Wildman–Crippen MR) is 137 cm³/mol. The van der Waals surface area contributed by atoms with Crippen LogP contribution in [-0.4, -0.2) is 79.6 Å². The van der Waals surface area contributed by atoms with Crippen LogP contribution in [0.2, 0.25) is 4.34 Å². The smallest absolute Gasteiger partial charge is 0.414 e. The summed E-state index contributed by atoms with van der Waals surface area (Å²) in [6.45, 7) is 1.72. The van der Waals surface area contributed by atoms with E-state index in [1.54, 1.807) is 41.3 Å². The van der Waals surface area contributed by atoms with Crippen molar-refractivity contribution in [1.82, 2.24) is 4.90 Å². The number of aliphatic hydroxyl groups is 1. The van der Waals surface area contributed by atoms with Gasteiger partial charge in [-0.15, -0.1) is 11.3 Å². The van der Waals surface area contributed by atoms with Crippen molar-refractivity contribution in [2.45, 2.75) is 31.6 Å². The molecular formula is C24H29ClN4O6S. The van der Waals surface area contributed by atoms with Gasteiger partial charge in [-0.25, -0.2) is 4.79 Å². The highest BCUT2D eigenvalue weighted by molar-refractivity contribution is 7.17. The maximum Gasteiger partial charge on any atom is 0.414 e. The van der Waals surface area contributed by atoms with Crippen LogP contribution in [0.4, 0.5) is 16.2 Å². The highest BCUT2D eigenvalue weighted by atomic mass is 35.5. The van der Waals surface area contributed by atoms with Crippen molar-refractivity contribution in [1.29, 1.82) is 0 Å². The number of ether oxygens (including phenoxy) is 2. The zero-order valence-corrected chi connectivity index (χ0v) is 21.2. The minimum Gasteiger partial charge on any atom is -0.442 e. The summed E-state index contributed by atoms with van der Waals surface area (Å²) in [7, 11) is 0. The molecule has 1 aromatic carbocycles. The number of thiophene rings is 1. The molecule has 3 amide bonds. The fraction of sp³-hybridized carbons (Fsp3) is 0.458. The van der Waals surface area contributed by atoms with Gasteiger partial charge in [0, 0.05) is 17.9 Å². The Bertz CT molecular complexity index is 1080. The molecule has 4 rings (SSSR count). The lowest BCUT2D eigenvalue weighted by molar-refractivity contribution is -0.125. The molecule has 2 aliphatic rings. The molecule has 0 aliphatic carbocycles. The van der Waals surface area contributed by atoms with Crippen LogP contribution in [0.25, 0.3) is 0 Å². The molecule has 0 saturated carbocycles. The Balaban J connectivity index is 1.44. The van der Waals surface area contributed by atoms with Gasteiger partial charge in [0.25, 0.3) is 11.8 Å². The Morgan fingerprint density at radius 1 is 1.17 bits per heavy atom. The number of rotatable bonds is 10. The molecule has 3 heterocycles. The summed E-state index contributed by atoms with van der Waals surface area (Å²) < 4.78 is 11.2. The second-order valence-electron chi connectivity index (χ2n) is 8.56. The van der Waals surface area contributed by atoms with Gasteiger partial charge in [-0.3, -0.25) is 14.5 Å². The summed E-state index contributed by atoms with van der Waals surface area (Å²) in [5.74, 6) is -0.488. The number of halogens is 1. The number of hydrogen-bond acceptors (Lipinski definition) is 8. The lowest BCUT2D eigenvalue weighted by Crippen LogP contribution is -2.45. The number of carbonyl (C=O) groups excluding carboxylic acids is 3. The summed E-state index contributed by atoms with van der Waals surface area (Å²) >= 11 is 7.13. The van der Waals surface area contributed by atoms with Gasteiger partial charge in [0.05, 0.1) is 28.9 Å². The molecule has 0 bridgehead atoms. The zero-order chi connectivity index (χ0) is 25.7. The van der Waals surface area contributed by atoms with E-state index in [2.05, 4.69) is 0 Å². The minimum absolute atomic E-state index is 0.0285. The maximum atomic E-state index is 13.2. The van der Waals surface area contributed by atoms with Crippen LogP contribution < -0.4 is 15.5 Å². The number of benzene rings is 1. The molecule has 2 fully saturated rings. The van der Waals surface area contributed by atoms with Gasteiger partial charge in [0.2, 0.25) is 0 Å². The number of morpholine rings is 1. The first-order valence-corrected chi connectivity index (χ1v) is 13.0. The monoisotopic (exact) mass is 536 g/mol. The lowest BCUT2D eigenvalue weighted by atomic mass is 10.2. The molecule has 2 atom stereocenters. The van der Waals surface area contributed by atoms with E-state index < -0.39 is 18.4 Å². The molecule has 194 valence electrons. The average Bonchev–Trinajstić information content (AvgIpc) is 3.48. The first-order chi connectivity index (χ1) is 17.4. The summed E-state index contributed by atoms with van der Waals surface area (Å²) in [6, 6.07) is 10.3. The number of unbranched alkanes of at least 4 members (excludes halogenated alkanes) is 1. The SMILES string of the molecule is NCCCCC(O)N(C[C@H]1CN(c2ccc(N3CCOCC3=O)cc2)C(=O)O1)C(=O)c1ccc(Cl)s1. The predicted octanol–water partition coefficient (Wildman–Crippen LogP) is 2.68. The first-order valence-electron chi connectivity index (χ1n) is 11.8. The van der Waals surface area contributed by atoms with Crippen molar-refractivity contribution in [3.63, 3.8) is 0 Å². The van der Waals surface area contributed by atoms with Crippen LogP contribution in [0.1, 0.15) is 28.9 Å². The zero-order valence-electron chi connectivity index (χ0n) is 19.7. The van der Waals surface area contributed by atoms with Crippen molar-refractivity contribution in [2.75, 3.05) is 49.2 Å². The number of cyclic esters (lactones) is 1. The van der Waals surface area contributed by atoms with Crippen LogP contribution in [-0.2, 0) is 14.3 Å². The third-order valence-electron chi connectivity index (χ3n) is 6.05. The van der Waals surface area contributed by atoms with Crippen molar-refractivity contribution < 1.29 is 29.0 Å². The van der Waals surface area contributed by atoms with E-state index in [1.807, 2.05) is 0 Å². The van der Waals surface area contributed by atoms with Crippen LogP contribution in [0.5, 0.6) is 0 Å². The Kier molecular flexibility index (Phi) is 8.81. The molecular weight excluding hydrogens is 508 g/mol. The average molecular weight is 537 g/mol. The lowest BCUT2D eigenvalue weighted by Gasteiger charge is -2.29. The minimum atomic E-state index is -1.05. The quantitative estimate of drug-likeness (QED) is 0.353. The summed E-state index contributed by atoms with van der Waals surface area (Å²) in [6.07, 6.45) is -0.499. The van der Waals surface area contributed by atoms with Crippen molar-refractivity contribution in [2.24, 2.45) is 5.73 Å². The van der Waals surface area contributed by atoms with Crippen LogP contribution in [0.15, 0.2) is 36.4 Å². The van der Waals surface area contributed by atoms with E-state index in [0.29, 0.717) is 47.4 Å². The number of nitrogens with two attached hydrogens (primary N) is 1. The molecule has 1 aromatic heterocycles. The number of nitrogens with zero attached hydrogens (tertiary/aromatic N) is 3. The second-order valence-corrected chi connectivity index (χ2v) is 10.3. The standard InChI is InChI=1S/C24H29ClN4O6S/c25-20-9-8-19(36-20)23(32)29(21(30)3-1-2-10-26)14-18-13-28(24(33)35-18)17-6-4-16(5-7-17)27-11-12-34-15-22(27)31/h4-9,18,21,30H,1-3,10-15,26H2/t18-,21?/m1/s1. The normalized spacial score (nSPS) is 18.9. The van der Waals surface area contributed by atoms with Gasteiger partial charge in [-0.1, -0.05) is 11.6 Å². The second kappa shape index (κ2) is 12.0. The number of aliphatic hydroxyl groups excluding tert-OH is 1. The Labute approximate surface area is 218 Å². The Morgan fingerprint density at radius 2 is 1.89 bits per heavy atom. The number of amides is 3. The van der Waals surface area contributed by atoms with Crippen molar-refractivity contribution in [3.8, 4) is 0 Å². The molecule has 2 saturated heterocycles. The molecule has 1 unspecified atom stereocenters. The highest BCUT2D eigenvalue weighted by Crippen LogP contribution is 2.28. The molecule has 2 aliphatic heterocycles. The fourth-order valence-electron chi connectivity index (χ4n) is 4.19. The number of carbonyl (C=O) groups is 3. The summed E-state index contributed by atoms with van der Waals surface area (Å²) in [5, 5.41) is 10.8. The van der Waals surface area contributed by atoms with Gasteiger partial charge in [-0.05, 0) is 62.2 Å². The third-order valence-corrected chi connectivity index (χ3v) is 7.27. The number of hydrogen-bond donors (Lipinski definition) is 2. The summed E-state index contributed by atoms with van der Waals surface area (Å²) in [5.41, 5.74) is 6.89. The first kappa shape index (κ1) is 26.4. The van der Waals surface area contributed by atoms with Crippen LogP contribution in [0, 0.1) is 0 Å². The van der Waals surface area contributed by atoms with Gasteiger partial charge in [0.1, 0.15) is 18.9 Å². The topological polar surface area (TPSA) is 126 Å². The van der Waals surface area contributed by atoms with Crippen LogP contribution >= 0.6 is 22.9 Å². The van der Waals surface area contributed by atoms with E-state index in [9.17, 15) is 19.5 Å². The van der Waals surface area contributed by atoms with Gasteiger partial charge in [-0.2, -0.15) is 0 Å². The van der Waals surface area contributed by atoms with E-state index in [4.69, 9.17) is 26.8 Å². The third kappa shape index (κ3) is 6.16. The Hall–Kier alpha value is -2.70. The van der Waals surface area contributed by atoms with E-state index >= 15 is 0 Å². The van der Waals surface area contributed by atoms with E-state index in [0.717, 1.165) is 23.4 Å². The van der Waals surface area contributed by atoms with Crippen molar-refractivity contribution in [3.05, 3.63) is 45.6 Å². The molecule has 36 heavy (non-hydrogen) atoms. The van der Waals surface area contributed by atoms with Gasteiger partial charge in [0.15, 0.2) is 0 Å². The fourth-order valence-corrected chi connectivity index (χ4v) is 5.19. The largest absolute Gasteiger partial charge is 0.442 e. The van der Waals surface area contributed by atoms with Crippen LogP contribution in [0.3, 0.4) is 0 Å².